The summed E-state index contributed by atoms with van der Waals surface area (Å²) in [5.74, 6) is 0. The van der Waals surface area contributed by atoms with Gasteiger partial charge in [-0.05, 0) is 48.2 Å². The number of halogens is 2. The molecule has 0 heterocycles. The molecule has 0 saturated heterocycles. The molecule has 86 valence electrons. The SMILES string of the molecule is O=C(Sc1ccc(Cl)cc1)c1cccc(Br)c1. The van der Waals surface area contributed by atoms with E-state index in [2.05, 4.69) is 15.9 Å². The maximum atomic E-state index is 12.0. The van der Waals surface area contributed by atoms with Crippen LogP contribution in [0.15, 0.2) is 57.9 Å². The summed E-state index contributed by atoms with van der Waals surface area (Å²) >= 11 is 10.3. The van der Waals surface area contributed by atoms with Crippen LogP contribution in [-0.2, 0) is 0 Å². The first-order valence-electron chi connectivity index (χ1n) is 4.88. The van der Waals surface area contributed by atoms with E-state index >= 15 is 0 Å². The molecule has 0 aliphatic carbocycles. The van der Waals surface area contributed by atoms with Crippen LogP contribution in [0.4, 0.5) is 0 Å². The first-order chi connectivity index (χ1) is 8.15. The van der Waals surface area contributed by atoms with E-state index in [1.165, 1.54) is 11.8 Å². The van der Waals surface area contributed by atoms with Crippen LogP contribution < -0.4 is 0 Å². The van der Waals surface area contributed by atoms with Crippen molar-refractivity contribution < 1.29 is 4.79 Å². The molecule has 0 aromatic heterocycles. The van der Waals surface area contributed by atoms with Crippen molar-refractivity contribution in [2.45, 2.75) is 4.90 Å². The quantitative estimate of drug-likeness (QED) is 0.719. The summed E-state index contributed by atoms with van der Waals surface area (Å²) in [7, 11) is 0. The van der Waals surface area contributed by atoms with Gasteiger partial charge >= 0.3 is 0 Å². The van der Waals surface area contributed by atoms with Gasteiger partial charge in [0.05, 0.1) is 0 Å². The third kappa shape index (κ3) is 3.60. The Hall–Kier alpha value is -0.770. The van der Waals surface area contributed by atoms with Crippen molar-refractivity contribution in [1.29, 1.82) is 0 Å². The van der Waals surface area contributed by atoms with Gasteiger partial charge in [-0.3, -0.25) is 4.79 Å². The highest BCUT2D eigenvalue weighted by atomic mass is 79.9. The normalized spacial score (nSPS) is 10.2. The largest absolute Gasteiger partial charge is 0.281 e. The third-order valence-electron chi connectivity index (χ3n) is 2.08. The van der Waals surface area contributed by atoms with E-state index in [4.69, 9.17) is 11.6 Å². The summed E-state index contributed by atoms with van der Waals surface area (Å²) in [6.07, 6.45) is 0. The highest BCUT2D eigenvalue weighted by Crippen LogP contribution is 2.25. The summed E-state index contributed by atoms with van der Waals surface area (Å²) in [6, 6.07) is 14.6. The smallest absolute Gasteiger partial charge is 0.224 e. The van der Waals surface area contributed by atoms with Crippen molar-refractivity contribution in [3.05, 3.63) is 63.6 Å². The molecule has 0 unspecified atom stereocenters. The lowest BCUT2D eigenvalue weighted by Crippen LogP contribution is -1.92. The fraction of sp³-hybridized carbons (Fsp3) is 0. The Kier molecular flexibility index (Phi) is 4.26. The molecule has 0 bridgehead atoms. The predicted molar refractivity (Wildman–Crippen MR) is 75.8 cm³/mol. The van der Waals surface area contributed by atoms with E-state index in [1.807, 2.05) is 30.3 Å². The molecular weight excluding hydrogens is 320 g/mol. The molecule has 0 spiro atoms. The lowest BCUT2D eigenvalue weighted by Gasteiger charge is -2.01. The van der Waals surface area contributed by atoms with E-state index in [-0.39, 0.29) is 5.12 Å². The van der Waals surface area contributed by atoms with Gasteiger partial charge < -0.3 is 0 Å². The second-order valence-electron chi connectivity index (χ2n) is 3.35. The van der Waals surface area contributed by atoms with E-state index in [9.17, 15) is 4.79 Å². The molecule has 2 rings (SSSR count). The Labute approximate surface area is 117 Å². The average Bonchev–Trinajstić information content (AvgIpc) is 2.32. The third-order valence-corrected chi connectivity index (χ3v) is 3.76. The van der Waals surface area contributed by atoms with Gasteiger partial charge in [0.25, 0.3) is 0 Å². The second kappa shape index (κ2) is 5.71. The van der Waals surface area contributed by atoms with Gasteiger partial charge in [-0.15, -0.1) is 0 Å². The summed E-state index contributed by atoms with van der Waals surface area (Å²) in [5.41, 5.74) is 0.680. The van der Waals surface area contributed by atoms with Crippen molar-refractivity contribution >= 4 is 44.4 Å². The monoisotopic (exact) mass is 326 g/mol. The van der Waals surface area contributed by atoms with Crippen LogP contribution >= 0.6 is 39.3 Å². The lowest BCUT2D eigenvalue weighted by molar-refractivity contribution is 0.108. The van der Waals surface area contributed by atoms with Crippen LogP contribution in [0.3, 0.4) is 0 Å². The molecule has 1 nitrogen and oxygen atoms in total. The van der Waals surface area contributed by atoms with Crippen molar-refractivity contribution in [2.24, 2.45) is 0 Å². The Morgan fingerprint density at radius 3 is 2.47 bits per heavy atom. The first kappa shape index (κ1) is 12.7. The van der Waals surface area contributed by atoms with Gasteiger partial charge in [0.1, 0.15) is 0 Å². The summed E-state index contributed by atoms with van der Waals surface area (Å²) in [4.78, 5) is 12.8. The number of carbonyl (C=O) groups excluding carboxylic acids is 1. The van der Waals surface area contributed by atoms with Crippen LogP contribution in [0.25, 0.3) is 0 Å². The van der Waals surface area contributed by atoms with Gasteiger partial charge in [-0.2, -0.15) is 0 Å². The number of carbonyl (C=O) groups is 1. The van der Waals surface area contributed by atoms with Gasteiger partial charge in [-0.1, -0.05) is 39.7 Å². The van der Waals surface area contributed by atoms with E-state index in [0.29, 0.717) is 10.6 Å². The van der Waals surface area contributed by atoms with Crippen LogP contribution in [-0.4, -0.2) is 5.12 Å². The van der Waals surface area contributed by atoms with Crippen molar-refractivity contribution in [3.63, 3.8) is 0 Å². The Bertz CT molecular complexity index is 539. The van der Waals surface area contributed by atoms with Crippen LogP contribution in [0.2, 0.25) is 5.02 Å². The maximum Gasteiger partial charge on any atom is 0.224 e. The molecule has 0 atom stereocenters. The summed E-state index contributed by atoms with van der Waals surface area (Å²) in [6.45, 7) is 0. The number of rotatable bonds is 2. The molecule has 0 N–H and O–H groups in total. The summed E-state index contributed by atoms with van der Waals surface area (Å²) in [5, 5.41) is 0.692. The molecule has 0 radical (unpaired) electrons. The molecule has 0 fully saturated rings. The second-order valence-corrected chi connectivity index (χ2v) is 5.75. The van der Waals surface area contributed by atoms with Crippen LogP contribution in [0.1, 0.15) is 10.4 Å². The zero-order chi connectivity index (χ0) is 12.3. The minimum Gasteiger partial charge on any atom is -0.281 e. The lowest BCUT2D eigenvalue weighted by atomic mass is 10.2. The first-order valence-corrected chi connectivity index (χ1v) is 6.87. The maximum absolute atomic E-state index is 12.0. The van der Waals surface area contributed by atoms with E-state index < -0.39 is 0 Å². The standard InChI is InChI=1S/C13H8BrClOS/c14-10-3-1-2-9(8-10)13(16)17-12-6-4-11(15)5-7-12/h1-8H. The fourth-order valence-electron chi connectivity index (χ4n) is 1.28. The molecule has 4 heteroatoms. The summed E-state index contributed by atoms with van der Waals surface area (Å²) < 4.78 is 0.903. The molecule has 17 heavy (non-hydrogen) atoms. The topological polar surface area (TPSA) is 17.1 Å². The molecule has 2 aromatic carbocycles. The van der Waals surface area contributed by atoms with Crippen molar-refractivity contribution in [3.8, 4) is 0 Å². The number of thioether (sulfide) groups is 1. The molecule has 0 aliphatic rings. The highest BCUT2D eigenvalue weighted by Gasteiger charge is 2.08. The zero-order valence-electron chi connectivity index (χ0n) is 8.69. The fourth-order valence-corrected chi connectivity index (χ4v) is 2.54. The van der Waals surface area contributed by atoms with E-state index in [1.54, 1.807) is 18.2 Å². The number of hydrogen-bond acceptors (Lipinski definition) is 2. The van der Waals surface area contributed by atoms with Crippen LogP contribution in [0.5, 0.6) is 0 Å². The minimum atomic E-state index is 0.0219. The molecular formula is C13H8BrClOS. The number of benzene rings is 2. The van der Waals surface area contributed by atoms with Gasteiger partial charge in [0, 0.05) is 20.0 Å². The molecule has 2 aromatic rings. The Morgan fingerprint density at radius 1 is 1.12 bits per heavy atom. The molecule has 0 amide bonds. The molecule has 0 aliphatic heterocycles. The number of hydrogen-bond donors (Lipinski definition) is 0. The zero-order valence-corrected chi connectivity index (χ0v) is 11.8. The minimum absolute atomic E-state index is 0.0219. The van der Waals surface area contributed by atoms with Crippen molar-refractivity contribution in [2.75, 3.05) is 0 Å². The average molecular weight is 328 g/mol. The highest BCUT2D eigenvalue weighted by molar-refractivity contribution is 9.10. The van der Waals surface area contributed by atoms with E-state index in [0.717, 1.165) is 9.37 Å². The van der Waals surface area contributed by atoms with Gasteiger partial charge in [0.2, 0.25) is 5.12 Å². The van der Waals surface area contributed by atoms with Gasteiger partial charge in [0.15, 0.2) is 0 Å². The van der Waals surface area contributed by atoms with Gasteiger partial charge in [-0.25, -0.2) is 0 Å². The predicted octanol–water partition coefficient (Wildman–Crippen LogP) is 5.04. The van der Waals surface area contributed by atoms with Crippen LogP contribution in [0, 0.1) is 0 Å². The Morgan fingerprint density at radius 2 is 1.82 bits per heavy atom. The van der Waals surface area contributed by atoms with Crippen molar-refractivity contribution in [1.82, 2.24) is 0 Å². The molecule has 0 saturated carbocycles. The Balaban J connectivity index is 2.14.